The van der Waals surface area contributed by atoms with Crippen LogP contribution in [0.5, 0.6) is 5.75 Å². The zero-order valence-electron chi connectivity index (χ0n) is 14.9. The summed E-state index contributed by atoms with van der Waals surface area (Å²) in [6.45, 7) is 9.96. The second-order valence-corrected chi connectivity index (χ2v) is 7.08. The highest BCUT2D eigenvalue weighted by molar-refractivity contribution is 6.39. The second kappa shape index (κ2) is 6.75. The molecule has 24 heavy (non-hydrogen) atoms. The average Bonchev–Trinajstić information content (AvgIpc) is 2.65. The SMILES string of the molecule is CCOC(=O)C(=O)C1CCOc2c(cc(C)cc2C(C)(C)C)C1=O. The molecule has 0 aliphatic carbocycles. The van der Waals surface area contributed by atoms with Gasteiger partial charge in [0.1, 0.15) is 5.75 Å². The standard InChI is InChI=1S/C19H24O5/c1-6-23-18(22)16(21)12-7-8-24-17-13(15(12)20)9-11(2)10-14(17)19(3,4)5/h9-10,12H,6-8H2,1-5H3. The molecule has 0 fully saturated rings. The fraction of sp³-hybridized carbons (Fsp3) is 0.526. The highest BCUT2D eigenvalue weighted by Crippen LogP contribution is 2.38. The summed E-state index contributed by atoms with van der Waals surface area (Å²) in [6, 6.07) is 3.73. The van der Waals surface area contributed by atoms with E-state index in [1.165, 1.54) is 0 Å². The Hall–Kier alpha value is -2.17. The summed E-state index contributed by atoms with van der Waals surface area (Å²) in [4.78, 5) is 36.9. The molecule has 5 nitrogen and oxygen atoms in total. The van der Waals surface area contributed by atoms with E-state index in [1.807, 2.05) is 33.8 Å². The van der Waals surface area contributed by atoms with Gasteiger partial charge in [0.2, 0.25) is 0 Å². The molecule has 0 saturated heterocycles. The fourth-order valence-electron chi connectivity index (χ4n) is 2.86. The summed E-state index contributed by atoms with van der Waals surface area (Å²) in [5.41, 5.74) is 2.01. The Balaban J connectivity index is 2.49. The number of benzene rings is 1. The fourth-order valence-corrected chi connectivity index (χ4v) is 2.86. The van der Waals surface area contributed by atoms with Crippen molar-refractivity contribution in [1.29, 1.82) is 0 Å². The van der Waals surface area contributed by atoms with Gasteiger partial charge in [-0.15, -0.1) is 0 Å². The van der Waals surface area contributed by atoms with E-state index in [1.54, 1.807) is 13.0 Å². The van der Waals surface area contributed by atoms with Gasteiger partial charge in [0.25, 0.3) is 5.78 Å². The normalized spacial score (nSPS) is 17.5. The molecule has 1 aromatic carbocycles. The van der Waals surface area contributed by atoms with Crippen LogP contribution in [0, 0.1) is 12.8 Å². The summed E-state index contributed by atoms with van der Waals surface area (Å²) in [6.07, 6.45) is 0.174. The van der Waals surface area contributed by atoms with E-state index < -0.39 is 17.7 Å². The first kappa shape index (κ1) is 18.2. The number of hydrogen-bond acceptors (Lipinski definition) is 5. The number of fused-ring (bicyclic) bond motifs is 1. The highest BCUT2D eigenvalue weighted by atomic mass is 16.5. The van der Waals surface area contributed by atoms with Crippen molar-refractivity contribution >= 4 is 17.5 Å². The van der Waals surface area contributed by atoms with Crippen LogP contribution < -0.4 is 4.74 Å². The van der Waals surface area contributed by atoms with Gasteiger partial charge in [-0.25, -0.2) is 4.79 Å². The molecule has 5 heteroatoms. The first-order chi connectivity index (χ1) is 11.2. The number of carbonyl (C=O) groups is 3. The minimum absolute atomic E-state index is 0.103. The number of ether oxygens (including phenoxy) is 2. The lowest BCUT2D eigenvalue weighted by molar-refractivity contribution is -0.154. The third-order valence-electron chi connectivity index (χ3n) is 4.07. The summed E-state index contributed by atoms with van der Waals surface area (Å²) in [5.74, 6) is -2.63. The van der Waals surface area contributed by atoms with Crippen LogP contribution in [0.1, 0.15) is 55.6 Å². The Labute approximate surface area is 142 Å². The van der Waals surface area contributed by atoms with Crippen LogP contribution in [0.25, 0.3) is 0 Å². The molecule has 1 unspecified atom stereocenters. The van der Waals surface area contributed by atoms with Gasteiger partial charge in [-0.1, -0.05) is 26.8 Å². The van der Waals surface area contributed by atoms with Gasteiger partial charge in [-0.2, -0.15) is 0 Å². The van der Waals surface area contributed by atoms with Crippen LogP contribution in [-0.2, 0) is 19.7 Å². The zero-order chi connectivity index (χ0) is 18.1. The third-order valence-corrected chi connectivity index (χ3v) is 4.07. The van der Waals surface area contributed by atoms with Crippen LogP contribution in [0.4, 0.5) is 0 Å². The molecule has 0 radical (unpaired) electrons. The lowest BCUT2D eigenvalue weighted by Crippen LogP contribution is -2.31. The summed E-state index contributed by atoms with van der Waals surface area (Å²) in [7, 11) is 0. The molecule has 1 aromatic rings. The molecule has 2 rings (SSSR count). The van der Waals surface area contributed by atoms with Crippen molar-refractivity contribution in [2.75, 3.05) is 13.2 Å². The summed E-state index contributed by atoms with van der Waals surface area (Å²) < 4.78 is 10.6. The minimum atomic E-state index is -1.04. The predicted octanol–water partition coefficient (Wildman–Crippen LogP) is 3.01. The van der Waals surface area contributed by atoms with Gasteiger partial charge in [-0.05, 0) is 37.3 Å². The van der Waals surface area contributed by atoms with Crippen molar-refractivity contribution in [3.63, 3.8) is 0 Å². The number of hydrogen-bond donors (Lipinski definition) is 0. The Morgan fingerprint density at radius 2 is 1.96 bits per heavy atom. The van der Waals surface area contributed by atoms with Crippen molar-refractivity contribution < 1.29 is 23.9 Å². The van der Waals surface area contributed by atoms with Crippen molar-refractivity contribution in [1.82, 2.24) is 0 Å². The van der Waals surface area contributed by atoms with E-state index in [0.717, 1.165) is 11.1 Å². The quantitative estimate of drug-likeness (QED) is 0.483. The molecule has 0 amide bonds. The lowest BCUT2D eigenvalue weighted by Gasteiger charge is -2.24. The third kappa shape index (κ3) is 3.50. The largest absolute Gasteiger partial charge is 0.492 e. The van der Waals surface area contributed by atoms with Crippen molar-refractivity contribution in [2.24, 2.45) is 5.92 Å². The maximum atomic E-state index is 12.9. The average molecular weight is 332 g/mol. The number of ketones is 2. The molecule has 0 aromatic heterocycles. The van der Waals surface area contributed by atoms with Gasteiger partial charge < -0.3 is 9.47 Å². The maximum absolute atomic E-state index is 12.9. The molecular formula is C19H24O5. The predicted molar refractivity (Wildman–Crippen MR) is 89.5 cm³/mol. The topological polar surface area (TPSA) is 69.7 Å². The van der Waals surface area contributed by atoms with Gasteiger partial charge >= 0.3 is 5.97 Å². The first-order valence-electron chi connectivity index (χ1n) is 8.20. The van der Waals surface area contributed by atoms with Crippen LogP contribution in [-0.4, -0.2) is 30.7 Å². The Kier molecular flexibility index (Phi) is 5.11. The van der Waals surface area contributed by atoms with Gasteiger partial charge in [0.15, 0.2) is 5.78 Å². The van der Waals surface area contributed by atoms with Crippen molar-refractivity contribution in [2.45, 2.75) is 46.5 Å². The molecule has 1 atom stereocenters. The molecule has 1 aliphatic rings. The molecule has 0 N–H and O–H groups in total. The minimum Gasteiger partial charge on any atom is -0.492 e. The van der Waals surface area contributed by atoms with E-state index in [2.05, 4.69) is 0 Å². The number of rotatable bonds is 3. The molecule has 1 heterocycles. The molecule has 0 saturated carbocycles. The van der Waals surface area contributed by atoms with Crippen LogP contribution >= 0.6 is 0 Å². The second-order valence-electron chi connectivity index (χ2n) is 7.08. The first-order valence-corrected chi connectivity index (χ1v) is 8.20. The molecular weight excluding hydrogens is 308 g/mol. The van der Waals surface area contributed by atoms with Crippen LogP contribution in [0.15, 0.2) is 12.1 Å². The molecule has 130 valence electrons. The number of Topliss-reactive ketones (excluding diaryl/α,β-unsaturated/α-hetero) is 2. The summed E-state index contributed by atoms with van der Waals surface area (Å²) >= 11 is 0. The monoisotopic (exact) mass is 332 g/mol. The van der Waals surface area contributed by atoms with Crippen LogP contribution in [0.3, 0.4) is 0 Å². The van der Waals surface area contributed by atoms with Crippen LogP contribution in [0.2, 0.25) is 0 Å². The highest BCUT2D eigenvalue weighted by Gasteiger charge is 2.38. The molecule has 0 bridgehead atoms. The maximum Gasteiger partial charge on any atom is 0.375 e. The number of aryl methyl sites for hydroxylation is 1. The van der Waals surface area contributed by atoms with Crippen molar-refractivity contribution in [3.8, 4) is 5.75 Å². The number of carbonyl (C=O) groups excluding carboxylic acids is 3. The lowest BCUT2D eigenvalue weighted by atomic mass is 9.82. The Morgan fingerprint density at radius 1 is 1.29 bits per heavy atom. The van der Waals surface area contributed by atoms with Gasteiger partial charge in [-0.3, -0.25) is 9.59 Å². The smallest absolute Gasteiger partial charge is 0.375 e. The van der Waals surface area contributed by atoms with Gasteiger partial charge in [0.05, 0.1) is 24.7 Å². The summed E-state index contributed by atoms with van der Waals surface area (Å²) in [5, 5.41) is 0. The van der Waals surface area contributed by atoms with E-state index >= 15 is 0 Å². The number of esters is 1. The van der Waals surface area contributed by atoms with E-state index in [0.29, 0.717) is 11.3 Å². The Morgan fingerprint density at radius 3 is 2.54 bits per heavy atom. The van der Waals surface area contributed by atoms with E-state index in [4.69, 9.17) is 9.47 Å². The molecule has 0 spiro atoms. The Bertz CT molecular complexity index is 682. The van der Waals surface area contributed by atoms with E-state index in [9.17, 15) is 14.4 Å². The van der Waals surface area contributed by atoms with Crippen molar-refractivity contribution in [3.05, 3.63) is 28.8 Å². The van der Waals surface area contributed by atoms with E-state index in [-0.39, 0.29) is 30.8 Å². The van der Waals surface area contributed by atoms with Gasteiger partial charge in [0, 0.05) is 5.56 Å². The molecule has 1 aliphatic heterocycles. The zero-order valence-corrected chi connectivity index (χ0v) is 14.9.